The van der Waals surface area contributed by atoms with Gasteiger partial charge in [0, 0.05) is 24.8 Å². The number of hydrogen-bond acceptors (Lipinski definition) is 2. The molecule has 51 heavy (non-hydrogen) atoms. The van der Waals surface area contributed by atoms with E-state index in [2.05, 4.69) is 168 Å². The van der Waals surface area contributed by atoms with Crippen molar-refractivity contribution in [3.63, 3.8) is 0 Å². The van der Waals surface area contributed by atoms with Crippen molar-refractivity contribution >= 4 is 21.5 Å². The Kier molecular flexibility index (Phi) is 5.91. The van der Waals surface area contributed by atoms with Crippen LogP contribution in [0.1, 0.15) is 22.3 Å². The van der Waals surface area contributed by atoms with Crippen molar-refractivity contribution in [2.45, 2.75) is 5.41 Å². The van der Waals surface area contributed by atoms with Crippen molar-refractivity contribution in [1.82, 2.24) is 9.97 Å². The SMILES string of the molecule is c1ccc2c(c1)-c1ccc(-c3ccncc3)cc1C1(c3cc(-c4ccncc4)ccc3-2)c2ccccc2-c2c1c1ccccc1c1ccccc21. The fourth-order valence-corrected chi connectivity index (χ4v) is 9.26. The van der Waals surface area contributed by atoms with Gasteiger partial charge in [0.25, 0.3) is 0 Å². The molecular formula is C49H30N2. The van der Waals surface area contributed by atoms with Crippen LogP contribution in [0.4, 0.5) is 0 Å². The average Bonchev–Trinajstić information content (AvgIpc) is 3.48. The molecule has 2 aromatic heterocycles. The molecule has 9 aromatic rings. The monoisotopic (exact) mass is 646 g/mol. The Morgan fingerprint density at radius 2 is 0.765 bits per heavy atom. The number of rotatable bonds is 2. The molecule has 0 fully saturated rings. The van der Waals surface area contributed by atoms with E-state index in [-0.39, 0.29) is 0 Å². The van der Waals surface area contributed by atoms with Crippen LogP contribution in [0, 0.1) is 0 Å². The molecule has 2 heteroatoms. The van der Waals surface area contributed by atoms with Gasteiger partial charge in [0.1, 0.15) is 0 Å². The van der Waals surface area contributed by atoms with Crippen LogP contribution in [-0.4, -0.2) is 9.97 Å². The molecule has 0 atom stereocenters. The summed E-state index contributed by atoms with van der Waals surface area (Å²) in [6.45, 7) is 0. The zero-order valence-corrected chi connectivity index (χ0v) is 27.7. The summed E-state index contributed by atoms with van der Waals surface area (Å²) in [6, 6.07) is 58.9. The lowest BCUT2D eigenvalue weighted by Gasteiger charge is -2.37. The molecule has 236 valence electrons. The summed E-state index contributed by atoms with van der Waals surface area (Å²) in [5, 5.41) is 5.14. The molecule has 0 N–H and O–H groups in total. The van der Waals surface area contributed by atoms with Crippen molar-refractivity contribution in [1.29, 1.82) is 0 Å². The molecule has 1 spiro atoms. The van der Waals surface area contributed by atoms with Crippen molar-refractivity contribution < 1.29 is 0 Å². The van der Waals surface area contributed by atoms with Crippen LogP contribution < -0.4 is 0 Å². The highest BCUT2D eigenvalue weighted by Crippen LogP contribution is 2.64. The van der Waals surface area contributed by atoms with Gasteiger partial charge >= 0.3 is 0 Å². The number of nitrogens with zero attached hydrogens (tertiary/aromatic N) is 2. The third-order valence-corrected chi connectivity index (χ3v) is 11.3. The van der Waals surface area contributed by atoms with E-state index >= 15 is 0 Å². The summed E-state index contributed by atoms with van der Waals surface area (Å²) in [7, 11) is 0. The minimum absolute atomic E-state index is 0.647. The van der Waals surface area contributed by atoms with Crippen LogP contribution in [0.2, 0.25) is 0 Å². The van der Waals surface area contributed by atoms with E-state index < -0.39 is 5.41 Å². The van der Waals surface area contributed by atoms with Crippen LogP contribution in [0.3, 0.4) is 0 Å². The van der Waals surface area contributed by atoms with Gasteiger partial charge in [0.2, 0.25) is 0 Å². The maximum absolute atomic E-state index is 4.36. The van der Waals surface area contributed by atoms with Crippen molar-refractivity contribution in [2.24, 2.45) is 0 Å². The first-order valence-electron chi connectivity index (χ1n) is 17.6. The van der Waals surface area contributed by atoms with E-state index in [1.165, 1.54) is 88.3 Å². The van der Waals surface area contributed by atoms with E-state index in [0.29, 0.717) is 0 Å². The number of benzene rings is 7. The second-order valence-corrected chi connectivity index (χ2v) is 13.7. The zero-order chi connectivity index (χ0) is 33.5. The first kappa shape index (κ1) is 28.2. The Bertz CT molecular complexity index is 2740. The van der Waals surface area contributed by atoms with Crippen LogP contribution in [-0.2, 0) is 5.41 Å². The second-order valence-electron chi connectivity index (χ2n) is 13.7. The summed E-state index contributed by atoms with van der Waals surface area (Å²) in [5.74, 6) is 0. The van der Waals surface area contributed by atoms with E-state index in [9.17, 15) is 0 Å². The predicted molar refractivity (Wildman–Crippen MR) is 210 cm³/mol. The Labute approximate surface area is 296 Å². The number of hydrogen-bond donors (Lipinski definition) is 0. The Hall–Kier alpha value is -6.64. The number of aromatic nitrogens is 2. The van der Waals surface area contributed by atoms with Crippen LogP contribution >= 0.6 is 0 Å². The summed E-state index contributed by atoms with van der Waals surface area (Å²) in [4.78, 5) is 8.72. The maximum Gasteiger partial charge on any atom is 0.0732 e. The van der Waals surface area contributed by atoms with E-state index in [1.54, 1.807) is 0 Å². The third kappa shape index (κ3) is 3.82. The lowest BCUT2D eigenvalue weighted by atomic mass is 9.64. The highest BCUT2D eigenvalue weighted by atomic mass is 14.6. The van der Waals surface area contributed by atoms with Gasteiger partial charge in [-0.25, -0.2) is 0 Å². The Morgan fingerprint density at radius 1 is 0.314 bits per heavy atom. The molecule has 2 nitrogen and oxygen atoms in total. The maximum atomic E-state index is 4.36. The molecule has 2 heterocycles. The van der Waals surface area contributed by atoms with Gasteiger partial charge < -0.3 is 0 Å². The highest BCUT2D eigenvalue weighted by molar-refractivity contribution is 6.19. The van der Waals surface area contributed by atoms with E-state index in [4.69, 9.17) is 0 Å². The van der Waals surface area contributed by atoms with Gasteiger partial charge in [0.15, 0.2) is 0 Å². The second kappa shape index (κ2) is 10.7. The molecular weight excluding hydrogens is 617 g/mol. The largest absolute Gasteiger partial charge is 0.265 e. The minimum atomic E-state index is -0.647. The number of pyridine rings is 2. The summed E-state index contributed by atoms with van der Waals surface area (Å²) in [5.41, 5.74) is 16.9. The van der Waals surface area contributed by atoms with Gasteiger partial charge in [-0.2, -0.15) is 0 Å². The molecule has 11 rings (SSSR count). The summed E-state index contributed by atoms with van der Waals surface area (Å²) in [6.07, 6.45) is 7.56. The minimum Gasteiger partial charge on any atom is -0.265 e. The number of fused-ring (bicyclic) bond motifs is 17. The molecule has 0 saturated carbocycles. The normalized spacial score (nSPS) is 13.3. The highest BCUT2D eigenvalue weighted by Gasteiger charge is 2.51. The van der Waals surface area contributed by atoms with Gasteiger partial charge in [-0.1, -0.05) is 121 Å². The molecule has 2 aliphatic rings. The molecule has 0 radical (unpaired) electrons. The third-order valence-electron chi connectivity index (χ3n) is 11.3. The fraction of sp³-hybridized carbons (Fsp3) is 0.0204. The lowest BCUT2D eigenvalue weighted by molar-refractivity contribution is 0.783. The molecule has 2 aliphatic carbocycles. The van der Waals surface area contributed by atoms with Crippen molar-refractivity contribution in [3.05, 3.63) is 205 Å². The Balaban J connectivity index is 1.42. The predicted octanol–water partition coefficient (Wildman–Crippen LogP) is 12.1. The fourth-order valence-electron chi connectivity index (χ4n) is 9.26. The first-order valence-corrected chi connectivity index (χ1v) is 17.6. The average molecular weight is 647 g/mol. The quantitative estimate of drug-likeness (QED) is 0.175. The van der Waals surface area contributed by atoms with Gasteiger partial charge in [-0.15, -0.1) is 0 Å². The molecule has 0 unspecified atom stereocenters. The van der Waals surface area contributed by atoms with Crippen LogP contribution in [0.15, 0.2) is 183 Å². The van der Waals surface area contributed by atoms with Crippen molar-refractivity contribution in [2.75, 3.05) is 0 Å². The topological polar surface area (TPSA) is 25.8 Å². The van der Waals surface area contributed by atoms with E-state index in [1.807, 2.05) is 24.8 Å². The molecule has 7 aromatic carbocycles. The molecule has 0 aliphatic heterocycles. The van der Waals surface area contributed by atoms with Crippen molar-refractivity contribution in [3.8, 4) is 55.6 Å². The zero-order valence-electron chi connectivity index (χ0n) is 27.7. The van der Waals surface area contributed by atoms with Crippen LogP contribution in [0.25, 0.3) is 77.2 Å². The first-order chi connectivity index (χ1) is 25.3. The standard InChI is InChI=1S/C49H30N2/c1-2-10-36-35(9-1)39-19-17-33(31-21-25-50-26-22-31)29-45(39)49(46-30-34(18-20-40(36)46)32-23-27-51-28-24-32)44-16-8-7-15-43(44)47-41-13-5-3-11-37(41)38-12-4-6-14-42(38)48(47)49/h1-30H. The van der Waals surface area contributed by atoms with Gasteiger partial charge in [0.05, 0.1) is 5.41 Å². The summed E-state index contributed by atoms with van der Waals surface area (Å²) < 4.78 is 0. The van der Waals surface area contributed by atoms with Gasteiger partial charge in [-0.3, -0.25) is 9.97 Å². The Morgan fingerprint density at radius 3 is 1.33 bits per heavy atom. The molecule has 0 amide bonds. The summed E-state index contributed by atoms with van der Waals surface area (Å²) >= 11 is 0. The lowest BCUT2D eigenvalue weighted by Crippen LogP contribution is -2.30. The molecule has 0 bridgehead atoms. The molecule has 0 saturated heterocycles. The van der Waals surface area contributed by atoms with E-state index in [0.717, 1.165) is 11.1 Å². The van der Waals surface area contributed by atoms with Gasteiger partial charge in [-0.05, 0) is 136 Å². The smallest absolute Gasteiger partial charge is 0.0732 e. The van der Waals surface area contributed by atoms with Crippen LogP contribution in [0.5, 0.6) is 0 Å².